The Labute approximate surface area is 327 Å². The molecule has 0 fully saturated rings. The lowest BCUT2D eigenvalue weighted by Crippen LogP contribution is -1.92. The SMILES string of the molecule is c1ccc2c(c1)cc(-c1c3ccccc3c(-c3ccc4c(c3)c3ccccc3c3c4ccc4c5ccc6ccccc6c5oc43)c3ccccc13)c1ccccc12. The standard InChI is InChI=1S/C56H32O/c1-4-16-37-33(13-1)25-28-48-49-30-29-47-41-27-26-35(32-50(41)40-19-7-8-20-42(40)54(47)56(49)57-55(37)48)52-43-21-9-11-23-45(43)53(46-24-12-10-22-44(46)52)51-31-34-14-2-3-15-36(34)38-17-5-6-18-39(38)51/h1-32H. The van der Waals surface area contributed by atoms with Gasteiger partial charge in [0.25, 0.3) is 0 Å². The van der Waals surface area contributed by atoms with E-state index in [-0.39, 0.29) is 0 Å². The summed E-state index contributed by atoms with van der Waals surface area (Å²) in [6.45, 7) is 0. The second-order valence-corrected chi connectivity index (χ2v) is 15.5. The highest BCUT2D eigenvalue weighted by Crippen LogP contribution is 2.48. The number of furan rings is 1. The van der Waals surface area contributed by atoms with Crippen LogP contribution in [0.5, 0.6) is 0 Å². The molecule has 1 nitrogen and oxygen atoms in total. The Hall–Kier alpha value is -7.48. The van der Waals surface area contributed by atoms with Gasteiger partial charge in [0, 0.05) is 21.5 Å². The van der Waals surface area contributed by atoms with Crippen LogP contribution in [0.25, 0.3) is 130 Å². The molecule has 1 aromatic heterocycles. The first-order chi connectivity index (χ1) is 28.3. The first-order valence-corrected chi connectivity index (χ1v) is 19.8. The fourth-order valence-corrected chi connectivity index (χ4v) is 10.1. The summed E-state index contributed by atoms with van der Waals surface area (Å²) >= 11 is 0. The molecule has 0 unspecified atom stereocenters. The Morgan fingerprint density at radius 3 is 1.42 bits per heavy atom. The lowest BCUT2D eigenvalue weighted by atomic mass is 9.83. The van der Waals surface area contributed by atoms with Crippen molar-refractivity contribution in [1.82, 2.24) is 0 Å². The number of hydrogen-bond acceptors (Lipinski definition) is 1. The van der Waals surface area contributed by atoms with Crippen LogP contribution in [0.2, 0.25) is 0 Å². The van der Waals surface area contributed by atoms with Gasteiger partial charge in [-0.2, -0.15) is 0 Å². The Kier molecular flexibility index (Phi) is 6.23. The second-order valence-electron chi connectivity index (χ2n) is 15.5. The minimum atomic E-state index is 0.953. The predicted molar refractivity (Wildman–Crippen MR) is 245 cm³/mol. The molecule has 0 bridgehead atoms. The zero-order valence-electron chi connectivity index (χ0n) is 30.9. The smallest absolute Gasteiger partial charge is 0.143 e. The molecule has 1 heterocycles. The predicted octanol–water partition coefficient (Wildman–Crippen LogP) is 16.1. The average Bonchev–Trinajstić information content (AvgIpc) is 3.67. The van der Waals surface area contributed by atoms with Crippen molar-refractivity contribution in [2.75, 3.05) is 0 Å². The molecule has 0 saturated carbocycles. The van der Waals surface area contributed by atoms with Crippen molar-refractivity contribution >= 4 is 108 Å². The van der Waals surface area contributed by atoms with Gasteiger partial charge < -0.3 is 4.42 Å². The zero-order chi connectivity index (χ0) is 37.2. The lowest BCUT2D eigenvalue weighted by molar-refractivity contribution is 0.677. The quantitative estimate of drug-likeness (QED) is 0.128. The maximum Gasteiger partial charge on any atom is 0.143 e. The van der Waals surface area contributed by atoms with Crippen LogP contribution in [-0.4, -0.2) is 0 Å². The Balaban J connectivity index is 1.12. The number of rotatable bonds is 2. The molecular formula is C56H32O. The normalized spacial score (nSPS) is 12.2. The van der Waals surface area contributed by atoms with E-state index in [4.69, 9.17) is 4.42 Å². The highest BCUT2D eigenvalue weighted by molar-refractivity contribution is 6.34. The first-order valence-electron chi connectivity index (χ1n) is 19.8. The molecule has 12 aromatic carbocycles. The van der Waals surface area contributed by atoms with E-state index < -0.39 is 0 Å². The van der Waals surface area contributed by atoms with Crippen molar-refractivity contribution in [2.24, 2.45) is 0 Å². The third kappa shape index (κ3) is 4.23. The topological polar surface area (TPSA) is 13.1 Å². The highest BCUT2D eigenvalue weighted by Gasteiger charge is 2.21. The molecule has 0 atom stereocenters. The van der Waals surface area contributed by atoms with Crippen molar-refractivity contribution in [3.63, 3.8) is 0 Å². The van der Waals surface area contributed by atoms with E-state index in [0.29, 0.717) is 0 Å². The molecule has 0 saturated heterocycles. The fourth-order valence-electron chi connectivity index (χ4n) is 10.1. The Morgan fingerprint density at radius 2 is 0.702 bits per heavy atom. The molecule has 13 rings (SSSR count). The molecule has 0 radical (unpaired) electrons. The molecule has 0 spiro atoms. The van der Waals surface area contributed by atoms with Crippen LogP contribution in [0.1, 0.15) is 0 Å². The zero-order valence-corrected chi connectivity index (χ0v) is 30.9. The fraction of sp³-hybridized carbons (Fsp3) is 0. The average molecular weight is 721 g/mol. The third-order valence-corrected chi connectivity index (χ3v) is 12.6. The van der Waals surface area contributed by atoms with Gasteiger partial charge in [0.2, 0.25) is 0 Å². The summed E-state index contributed by atoms with van der Waals surface area (Å²) in [7, 11) is 0. The van der Waals surface area contributed by atoms with Crippen molar-refractivity contribution in [1.29, 1.82) is 0 Å². The molecule has 0 aliphatic rings. The Bertz CT molecular complexity index is 3790. The van der Waals surface area contributed by atoms with Crippen LogP contribution < -0.4 is 0 Å². The molecule has 0 aliphatic heterocycles. The summed E-state index contributed by atoms with van der Waals surface area (Å²) in [6.07, 6.45) is 0. The monoisotopic (exact) mass is 720 g/mol. The van der Waals surface area contributed by atoms with Gasteiger partial charge in [-0.3, -0.25) is 0 Å². The van der Waals surface area contributed by atoms with Crippen LogP contribution >= 0.6 is 0 Å². The van der Waals surface area contributed by atoms with Gasteiger partial charge in [-0.15, -0.1) is 0 Å². The molecule has 57 heavy (non-hydrogen) atoms. The Morgan fingerprint density at radius 1 is 0.246 bits per heavy atom. The van der Waals surface area contributed by atoms with Crippen molar-refractivity contribution in [3.05, 3.63) is 194 Å². The second kappa shape index (κ2) is 11.5. The highest BCUT2D eigenvalue weighted by atomic mass is 16.3. The number of hydrogen-bond donors (Lipinski definition) is 0. The van der Waals surface area contributed by atoms with Crippen molar-refractivity contribution in [2.45, 2.75) is 0 Å². The van der Waals surface area contributed by atoms with Gasteiger partial charge in [0.1, 0.15) is 11.2 Å². The van der Waals surface area contributed by atoms with E-state index in [0.717, 1.165) is 27.3 Å². The van der Waals surface area contributed by atoms with Crippen LogP contribution in [-0.2, 0) is 0 Å². The van der Waals surface area contributed by atoms with Gasteiger partial charge >= 0.3 is 0 Å². The van der Waals surface area contributed by atoms with E-state index >= 15 is 0 Å². The van der Waals surface area contributed by atoms with Gasteiger partial charge in [0.05, 0.1) is 0 Å². The largest absolute Gasteiger partial charge is 0.455 e. The number of fused-ring (bicyclic) bond motifs is 17. The minimum absolute atomic E-state index is 0.953. The molecule has 13 aromatic rings. The van der Waals surface area contributed by atoms with Crippen LogP contribution in [0.3, 0.4) is 0 Å². The third-order valence-electron chi connectivity index (χ3n) is 12.6. The molecule has 262 valence electrons. The van der Waals surface area contributed by atoms with Gasteiger partial charge in [0.15, 0.2) is 0 Å². The summed E-state index contributed by atoms with van der Waals surface area (Å²) in [6, 6.07) is 71.6. The van der Waals surface area contributed by atoms with Crippen molar-refractivity contribution < 1.29 is 4.42 Å². The summed E-state index contributed by atoms with van der Waals surface area (Å²) in [5, 5.41) is 22.1. The van der Waals surface area contributed by atoms with Gasteiger partial charge in [-0.25, -0.2) is 0 Å². The van der Waals surface area contributed by atoms with Crippen LogP contribution in [0.15, 0.2) is 199 Å². The van der Waals surface area contributed by atoms with E-state index in [1.807, 2.05) is 0 Å². The molecule has 0 aliphatic carbocycles. The molecular weight excluding hydrogens is 689 g/mol. The molecule has 0 N–H and O–H groups in total. The molecule has 1 heteroatoms. The maximum absolute atomic E-state index is 6.92. The van der Waals surface area contributed by atoms with E-state index in [9.17, 15) is 0 Å². The van der Waals surface area contributed by atoms with E-state index in [1.54, 1.807) is 0 Å². The maximum atomic E-state index is 6.92. The summed E-state index contributed by atoms with van der Waals surface area (Å²) in [5.74, 6) is 0. The lowest BCUT2D eigenvalue weighted by Gasteiger charge is -2.20. The van der Waals surface area contributed by atoms with Crippen LogP contribution in [0, 0.1) is 0 Å². The minimum Gasteiger partial charge on any atom is -0.455 e. The summed E-state index contributed by atoms with van der Waals surface area (Å²) in [4.78, 5) is 0. The number of benzene rings is 12. The van der Waals surface area contributed by atoms with E-state index in [1.165, 1.54) is 103 Å². The van der Waals surface area contributed by atoms with Crippen LogP contribution in [0.4, 0.5) is 0 Å². The summed E-state index contributed by atoms with van der Waals surface area (Å²) in [5.41, 5.74) is 6.94. The van der Waals surface area contributed by atoms with Gasteiger partial charge in [-0.05, 0) is 122 Å². The summed E-state index contributed by atoms with van der Waals surface area (Å²) < 4.78 is 6.92. The van der Waals surface area contributed by atoms with Crippen molar-refractivity contribution in [3.8, 4) is 22.3 Å². The van der Waals surface area contributed by atoms with Gasteiger partial charge in [-0.1, -0.05) is 170 Å². The molecule has 0 amide bonds. The first kappa shape index (κ1) is 30.8. The van der Waals surface area contributed by atoms with E-state index in [2.05, 4.69) is 194 Å².